The summed E-state index contributed by atoms with van der Waals surface area (Å²) in [5.41, 5.74) is 3.03. The van der Waals surface area contributed by atoms with Gasteiger partial charge in [0, 0.05) is 18.2 Å². The first-order valence-corrected chi connectivity index (χ1v) is 11.6. The molecule has 2 aromatic rings. The van der Waals surface area contributed by atoms with Crippen LogP contribution in [0.4, 0.5) is 0 Å². The van der Waals surface area contributed by atoms with Crippen LogP contribution >= 0.6 is 11.8 Å². The van der Waals surface area contributed by atoms with Gasteiger partial charge in [0.25, 0.3) is 5.91 Å². The number of benzene rings is 2. The van der Waals surface area contributed by atoms with Gasteiger partial charge in [0.2, 0.25) is 5.91 Å². The lowest BCUT2D eigenvalue weighted by atomic mass is 9.95. The third-order valence-corrected chi connectivity index (χ3v) is 7.11. The average molecular weight is 409 g/mol. The third kappa shape index (κ3) is 5.02. The minimum absolute atomic E-state index is 0.0135. The summed E-state index contributed by atoms with van der Waals surface area (Å²) in [6, 6.07) is 18.4. The van der Waals surface area contributed by atoms with Crippen molar-refractivity contribution in [1.82, 2.24) is 10.2 Å². The first-order valence-electron chi connectivity index (χ1n) is 10.6. The quantitative estimate of drug-likeness (QED) is 0.762. The van der Waals surface area contributed by atoms with Gasteiger partial charge in [-0.1, -0.05) is 61.7 Å². The molecule has 1 aliphatic carbocycles. The molecular formula is C24H28N2O2S. The van der Waals surface area contributed by atoms with Crippen LogP contribution in [0.3, 0.4) is 0 Å². The van der Waals surface area contributed by atoms with E-state index in [9.17, 15) is 9.59 Å². The van der Waals surface area contributed by atoms with Crippen LogP contribution in [0, 0.1) is 0 Å². The van der Waals surface area contributed by atoms with E-state index in [2.05, 4.69) is 17.4 Å². The molecule has 0 radical (unpaired) electrons. The Bertz CT molecular complexity index is 832. The van der Waals surface area contributed by atoms with Crippen molar-refractivity contribution in [2.75, 3.05) is 12.3 Å². The second-order valence-corrected chi connectivity index (χ2v) is 8.99. The molecule has 4 nitrogen and oxygen atoms in total. The van der Waals surface area contributed by atoms with E-state index in [4.69, 9.17) is 0 Å². The first kappa shape index (κ1) is 20.0. The number of hydrogen-bond donors (Lipinski definition) is 1. The van der Waals surface area contributed by atoms with Gasteiger partial charge in [0.15, 0.2) is 0 Å². The zero-order chi connectivity index (χ0) is 20.1. The summed E-state index contributed by atoms with van der Waals surface area (Å²) < 4.78 is 0. The number of carbonyl (C=O) groups excluding carboxylic acids is 2. The topological polar surface area (TPSA) is 49.4 Å². The van der Waals surface area contributed by atoms with Crippen molar-refractivity contribution in [2.24, 2.45) is 0 Å². The van der Waals surface area contributed by atoms with Crippen molar-refractivity contribution >= 4 is 23.6 Å². The Balaban J connectivity index is 1.39. The molecule has 1 heterocycles. The van der Waals surface area contributed by atoms with Crippen molar-refractivity contribution in [2.45, 2.75) is 49.9 Å². The van der Waals surface area contributed by atoms with E-state index >= 15 is 0 Å². The van der Waals surface area contributed by atoms with E-state index in [0.29, 0.717) is 23.9 Å². The normalized spacial score (nSPS) is 20.1. The number of amides is 2. The Morgan fingerprint density at radius 2 is 1.72 bits per heavy atom. The standard InChI is InChI=1S/C24H28N2O2S/c27-22-17-29-24(26(22)16-15-18-7-3-1-4-8-18)20-13-11-19(12-14-20)23(28)25-21-9-5-2-6-10-21/h1,3-4,7-8,11-14,21,24H,2,5-6,9-10,15-17H2,(H,25,28)/t24-/m1/s1. The van der Waals surface area contributed by atoms with Crippen LogP contribution in [-0.2, 0) is 11.2 Å². The summed E-state index contributed by atoms with van der Waals surface area (Å²) in [5, 5.41) is 3.20. The van der Waals surface area contributed by atoms with E-state index < -0.39 is 0 Å². The molecule has 0 bridgehead atoms. The monoisotopic (exact) mass is 408 g/mol. The molecule has 2 fully saturated rings. The van der Waals surface area contributed by atoms with Crippen molar-refractivity contribution in [3.05, 3.63) is 71.3 Å². The highest BCUT2D eigenvalue weighted by atomic mass is 32.2. The second kappa shape index (κ2) is 9.49. The largest absolute Gasteiger partial charge is 0.349 e. The highest BCUT2D eigenvalue weighted by molar-refractivity contribution is 8.00. The number of thioether (sulfide) groups is 1. The smallest absolute Gasteiger partial charge is 0.251 e. The first-order chi connectivity index (χ1) is 14.2. The van der Waals surface area contributed by atoms with Gasteiger partial charge in [0.05, 0.1) is 5.75 Å². The Morgan fingerprint density at radius 3 is 2.45 bits per heavy atom. The summed E-state index contributed by atoms with van der Waals surface area (Å²) >= 11 is 1.67. The number of hydrogen-bond acceptors (Lipinski definition) is 3. The van der Waals surface area contributed by atoms with Gasteiger partial charge in [-0.2, -0.15) is 0 Å². The zero-order valence-electron chi connectivity index (χ0n) is 16.7. The lowest BCUT2D eigenvalue weighted by molar-refractivity contribution is -0.128. The fourth-order valence-electron chi connectivity index (χ4n) is 4.18. The van der Waals surface area contributed by atoms with Crippen LogP contribution in [0.2, 0.25) is 0 Å². The van der Waals surface area contributed by atoms with Gasteiger partial charge in [0.1, 0.15) is 5.37 Å². The molecule has 1 N–H and O–H groups in total. The van der Waals surface area contributed by atoms with Gasteiger partial charge < -0.3 is 10.2 Å². The highest BCUT2D eigenvalue weighted by Gasteiger charge is 2.32. The lowest BCUT2D eigenvalue weighted by Gasteiger charge is -2.25. The highest BCUT2D eigenvalue weighted by Crippen LogP contribution is 2.38. The van der Waals surface area contributed by atoms with Crippen molar-refractivity contribution in [3.8, 4) is 0 Å². The molecule has 2 aliphatic rings. The molecule has 0 spiro atoms. The Hall–Kier alpha value is -2.27. The third-order valence-electron chi connectivity index (χ3n) is 5.85. The number of nitrogens with zero attached hydrogens (tertiary/aromatic N) is 1. The summed E-state index contributed by atoms with van der Waals surface area (Å²) in [7, 11) is 0. The van der Waals surface area contributed by atoms with Crippen LogP contribution in [0.1, 0.15) is 59.0 Å². The van der Waals surface area contributed by atoms with Gasteiger partial charge >= 0.3 is 0 Å². The summed E-state index contributed by atoms with van der Waals surface area (Å²) in [4.78, 5) is 26.9. The van der Waals surface area contributed by atoms with E-state index in [1.807, 2.05) is 47.4 Å². The Morgan fingerprint density at radius 1 is 1.00 bits per heavy atom. The molecule has 1 aliphatic heterocycles. The van der Waals surface area contributed by atoms with Crippen molar-refractivity contribution in [1.29, 1.82) is 0 Å². The molecule has 152 valence electrons. The minimum Gasteiger partial charge on any atom is -0.349 e. The summed E-state index contributed by atoms with van der Waals surface area (Å²) in [6.07, 6.45) is 6.71. The zero-order valence-corrected chi connectivity index (χ0v) is 17.5. The fourth-order valence-corrected chi connectivity index (χ4v) is 5.40. The Kier molecular flexibility index (Phi) is 6.55. The molecule has 2 aromatic carbocycles. The van der Waals surface area contributed by atoms with E-state index in [-0.39, 0.29) is 17.2 Å². The maximum Gasteiger partial charge on any atom is 0.251 e. The Labute approximate surface area is 177 Å². The molecule has 1 saturated carbocycles. The molecule has 0 unspecified atom stereocenters. The SMILES string of the molecule is O=C(NC1CCCCC1)c1ccc([C@H]2SCC(=O)N2CCc2ccccc2)cc1. The summed E-state index contributed by atoms with van der Waals surface area (Å²) in [6.45, 7) is 0.713. The van der Waals surface area contributed by atoms with E-state index in [1.54, 1.807) is 11.8 Å². The van der Waals surface area contributed by atoms with E-state index in [0.717, 1.165) is 24.8 Å². The molecule has 2 amide bonds. The number of nitrogens with one attached hydrogen (secondary N) is 1. The van der Waals surface area contributed by atoms with Gasteiger partial charge in [-0.15, -0.1) is 11.8 Å². The average Bonchev–Trinajstić information content (AvgIpc) is 3.14. The molecule has 29 heavy (non-hydrogen) atoms. The lowest BCUT2D eigenvalue weighted by Crippen LogP contribution is -2.36. The second-order valence-electron chi connectivity index (χ2n) is 7.92. The molecule has 1 atom stereocenters. The molecule has 4 rings (SSSR count). The minimum atomic E-state index is 0.0135. The number of rotatable bonds is 6. The van der Waals surface area contributed by atoms with Gasteiger partial charge in [-0.05, 0) is 42.5 Å². The van der Waals surface area contributed by atoms with Crippen LogP contribution < -0.4 is 5.32 Å². The van der Waals surface area contributed by atoms with Crippen LogP contribution in [0.15, 0.2) is 54.6 Å². The van der Waals surface area contributed by atoms with Crippen LogP contribution in [-0.4, -0.2) is 35.1 Å². The molecule has 0 aromatic heterocycles. The predicted molar refractivity (Wildman–Crippen MR) is 118 cm³/mol. The van der Waals surface area contributed by atoms with Crippen LogP contribution in [0.5, 0.6) is 0 Å². The van der Waals surface area contributed by atoms with E-state index in [1.165, 1.54) is 24.8 Å². The van der Waals surface area contributed by atoms with Gasteiger partial charge in [-0.25, -0.2) is 0 Å². The number of carbonyl (C=O) groups is 2. The van der Waals surface area contributed by atoms with Gasteiger partial charge in [-0.3, -0.25) is 9.59 Å². The maximum absolute atomic E-state index is 12.5. The maximum atomic E-state index is 12.5. The van der Waals surface area contributed by atoms with Crippen molar-refractivity contribution in [3.63, 3.8) is 0 Å². The molecular weight excluding hydrogens is 380 g/mol. The molecule has 1 saturated heterocycles. The fraction of sp³-hybridized carbons (Fsp3) is 0.417. The van der Waals surface area contributed by atoms with Crippen molar-refractivity contribution < 1.29 is 9.59 Å². The predicted octanol–water partition coefficient (Wildman–Crippen LogP) is 4.57. The summed E-state index contributed by atoms with van der Waals surface area (Å²) in [5.74, 6) is 0.721. The molecule has 5 heteroatoms. The van der Waals surface area contributed by atoms with Crippen LogP contribution in [0.25, 0.3) is 0 Å².